The standard InChI is InChI=1S/C20H26O3/c1-9-6-13-15(18(13,4)5)14-8-11(3)19(22)16-10(2)7-12(9)20(14,16)23-17(19)21/h7-9,12-16,22H,6H2,1-5H3/t9-,12+,13-,14+,15-,16+,19+,20-/m1/s1. The Balaban J connectivity index is 1.79. The zero-order valence-corrected chi connectivity index (χ0v) is 14.6. The van der Waals surface area contributed by atoms with Gasteiger partial charge in [-0.3, -0.25) is 0 Å². The van der Waals surface area contributed by atoms with Crippen molar-refractivity contribution < 1.29 is 14.6 Å². The molecule has 0 unspecified atom stereocenters. The van der Waals surface area contributed by atoms with Gasteiger partial charge in [0.2, 0.25) is 0 Å². The summed E-state index contributed by atoms with van der Waals surface area (Å²) in [6, 6.07) is 0. The monoisotopic (exact) mass is 314 g/mol. The maximum atomic E-state index is 12.7. The van der Waals surface area contributed by atoms with Gasteiger partial charge in [0.1, 0.15) is 5.60 Å². The molecule has 0 aromatic rings. The van der Waals surface area contributed by atoms with E-state index in [-0.39, 0.29) is 17.8 Å². The molecule has 5 rings (SSSR count). The van der Waals surface area contributed by atoms with Crippen LogP contribution in [0.5, 0.6) is 0 Å². The van der Waals surface area contributed by atoms with Gasteiger partial charge in [0.25, 0.3) is 0 Å². The number of aliphatic hydroxyl groups is 1. The highest BCUT2D eigenvalue weighted by atomic mass is 16.6. The van der Waals surface area contributed by atoms with Crippen molar-refractivity contribution in [2.45, 2.75) is 52.2 Å². The maximum Gasteiger partial charge on any atom is 0.343 e. The first kappa shape index (κ1) is 14.3. The summed E-state index contributed by atoms with van der Waals surface area (Å²) in [4.78, 5) is 12.7. The topological polar surface area (TPSA) is 46.5 Å². The molecular formula is C20H26O3. The van der Waals surface area contributed by atoms with Crippen molar-refractivity contribution in [3.63, 3.8) is 0 Å². The molecule has 3 nitrogen and oxygen atoms in total. The molecule has 1 spiro atoms. The van der Waals surface area contributed by atoms with Gasteiger partial charge in [-0.25, -0.2) is 4.79 Å². The zero-order chi connectivity index (χ0) is 16.5. The number of fused-ring (bicyclic) bond motifs is 2. The highest BCUT2D eigenvalue weighted by Gasteiger charge is 2.80. The van der Waals surface area contributed by atoms with Gasteiger partial charge in [-0.15, -0.1) is 0 Å². The summed E-state index contributed by atoms with van der Waals surface area (Å²) in [7, 11) is 0. The summed E-state index contributed by atoms with van der Waals surface area (Å²) in [6.07, 6.45) is 5.70. The van der Waals surface area contributed by atoms with E-state index in [0.29, 0.717) is 23.2 Å². The summed E-state index contributed by atoms with van der Waals surface area (Å²) < 4.78 is 6.16. The second-order valence-corrected chi connectivity index (χ2v) is 9.42. The van der Waals surface area contributed by atoms with Crippen LogP contribution in [0, 0.1) is 40.9 Å². The lowest BCUT2D eigenvalue weighted by molar-refractivity contribution is -0.162. The third kappa shape index (κ3) is 1.23. The average Bonchev–Trinajstić information content (AvgIpc) is 2.78. The van der Waals surface area contributed by atoms with Crippen molar-refractivity contribution in [2.24, 2.45) is 40.9 Å². The Morgan fingerprint density at radius 1 is 1.22 bits per heavy atom. The molecule has 0 aromatic carbocycles. The Hall–Kier alpha value is -1.09. The zero-order valence-electron chi connectivity index (χ0n) is 14.6. The first-order valence-corrected chi connectivity index (χ1v) is 8.99. The second-order valence-electron chi connectivity index (χ2n) is 9.42. The van der Waals surface area contributed by atoms with E-state index >= 15 is 0 Å². The lowest BCUT2D eigenvalue weighted by Gasteiger charge is -2.46. The largest absolute Gasteiger partial charge is 0.455 e. The molecule has 5 aliphatic rings. The summed E-state index contributed by atoms with van der Waals surface area (Å²) in [5.41, 5.74) is 0.271. The predicted octanol–water partition coefficient (Wildman–Crippen LogP) is 3.09. The number of hydrogen-bond acceptors (Lipinski definition) is 3. The highest BCUT2D eigenvalue weighted by molar-refractivity contribution is 5.89. The van der Waals surface area contributed by atoms with Crippen LogP contribution in [0.3, 0.4) is 0 Å². The summed E-state index contributed by atoms with van der Waals surface area (Å²) in [5, 5.41) is 11.3. The molecule has 1 saturated heterocycles. The molecule has 0 radical (unpaired) electrons. The van der Waals surface area contributed by atoms with E-state index in [1.54, 1.807) is 0 Å². The van der Waals surface area contributed by atoms with Crippen molar-refractivity contribution in [1.82, 2.24) is 0 Å². The Morgan fingerprint density at radius 3 is 2.61 bits per heavy atom. The second kappa shape index (κ2) is 3.61. The molecule has 0 aromatic heterocycles. The normalized spacial score (nSPS) is 57.7. The molecule has 124 valence electrons. The van der Waals surface area contributed by atoms with Crippen molar-refractivity contribution in [1.29, 1.82) is 0 Å². The lowest BCUT2D eigenvalue weighted by atomic mass is 9.59. The third-order valence-corrected chi connectivity index (χ3v) is 8.18. The number of hydrogen-bond donors (Lipinski definition) is 1. The molecule has 1 N–H and O–H groups in total. The molecule has 2 bridgehead atoms. The predicted molar refractivity (Wildman–Crippen MR) is 86.3 cm³/mol. The Morgan fingerprint density at radius 2 is 1.91 bits per heavy atom. The molecule has 1 heterocycles. The van der Waals surface area contributed by atoms with Crippen molar-refractivity contribution >= 4 is 5.97 Å². The van der Waals surface area contributed by atoms with Gasteiger partial charge in [-0.2, -0.15) is 0 Å². The van der Waals surface area contributed by atoms with E-state index in [1.165, 1.54) is 6.42 Å². The van der Waals surface area contributed by atoms with Crippen LogP contribution in [-0.4, -0.2) is 22.3 Å². The molecule has 1 aliphatic heterocycles. The van der Waals surface area contributed by atoms with Crippen LogP contribution in [0.15, 0.2) is 23.3 Å². The minimum Gasteiger partial charge on any atom is -0.455 e. The molecule has 3 fully saturated rings. The molecule has 23 heavy (non-hydrogen) atoms. The average molecular weight is 314 g/mol. The number of carbonyl (C=O) groups is 1. The maximum absolute atomic E-state index is 12.7. The van der Waals surface area contributed by atoms with Gasteiger partial charge in [-0.05, 0) is 49.0 Å². The van der Waals surface area contributed by atoms with Crippen LogP contribution in [0.2, 0.25) is 0 Å². The fourth-order valence-corrected chi connectivity index (χ4v) is 7.09. The number of rotatable bonds is 0. The van der Waals surface area contributed by atoms with Crippen molar-refractivity contribution in [3.05, 3.63) is 23.3 Å². The molecular weight excluding hydrogens is 288 g/mol. The number of carbonyl (C=O) groups excluding carboxylic acids is 1. The van der Waals surface area contributed by atoms with Gasteiger partial charge in [-0.1, -0.05) is 38.5 Å². The lowest BCUT2D eigenvalue weighted by Crippen LogP contribution is -2.55. The van der Waals surface area contributed by atoms with E-state index in [2.05, 4.69) is 39.8 Å². The minimum absolute atomic E-state index is 0.194. The van der Waals surface area contributed by atoms with Gasteiger partial charge in [0.15, 0.2) is 5.60 Å². The quantitative estimate of drug-likeness (QED) is 0.552. The van der Waals surface area contributed by atoms with Gasteiger partial charge >= 0.3 is 5.97 Å². The van der Waals surface area contributed by atoms with Crippen molar-refractivity contribution in [2.75, 3.05) is 0 Å². The van der Waals surface area contributed by atoms with E-state index < -0.39 is 17.2 Å². The Labute approximate surface area is 137 Å². The fraction of sp³-hybridized carbons (Fsp3) is 0.750. The van der Waals surface area contributed by atoms with Crippen LogP contribution in [-0.2, 0) is 9.53 Å². The van der Waals surface area contributed by atoms with Crippen LogP contribution < -0.4 is 0 Å². The van der Waals surface area contributed by atoms with Gasteiger partial charge < -0.3 is 9.84 Å². The SMILES string of the molecule is CC1=C[C@H]2[C@H](C)C[C@@H]3[C@H]([C@@H]4C=C(C)[C@@]5(O)C(=O)O[C@@]42[C@@H]15)C3(C)C. The molecule has 8 atom stereocenters. The molecule has 0 amide bonds. The van der Waals surface area contributed by atoms with E-state index in [1.807, 2.05) is 6.92 Å². The van der Waals surface area contributed by atoms with Crippen LogP contribution in [0.25, 0.3) is 0 Å². The van der Waals surface area contributed by atoms with E-state index in [9.17, 15) is 9.90 Å². The Bertz CT molecular complexity index is 702. The van der Waals surface area contributed by atoms with Crippen LogP contribution in [0.4, 0.5) is 0 Å². The number of ether oxygens (including phenoxy) is 1. The smallest absolute Gasteiger partial charge is 0.343 e. The minimum atomic E-state index is -1.44. The van der Waals surface area contributed by atoms with Crippen LogP contribution >= 0.6 is 0 Å². The number of esters is 1. The summed E-state index contributed by atoms with van der Waals surface area (Å²) in [6.45, 7) is 11.0. The fourth-order valence-electron chi connectivity index (χ4n) is 7.09. The first-order valence-electron chi connectivity index (χ1n) is 8.99. The summed E-state index contributed by atoms with van der Waals surface area (Å²) >= 11 is 0. The van der Waals surface area contributed by atoms with Gasteiger partial charge in [0.05, 0.1) is 5.92 Å². The Kier molecular flexibility index (Phi) is 2.24. The summed E-state index contributed by atoms with van der Waals surface area (Å²) in [5.74, 6) is 1.61. The van der Waals surface area contributed by atoms with E-state index in [4.69, 9.17) is 4.74 Å². The first-order chi connectivity index (χ1) is 10.7. The van der Waals surface area contributed by atoms with Crippen molar-refractivity contribution in [3.8, 4) is 0 Å². The molecule has 3 heteroatoms. The molecule has 4 aliphatic carbocycles. The van der Waals surface area contributed by atoms with Gasteiger partial charge in [0, 0.05) is 11.8 Å². The van der Waals surface area contributed by atoms with E-state index in [0.717, 1.165) is 11.1 Å². The van der Waals surface area contributed by atoms with Crippen LogP contribution in [0.1, 0.15) is 41.0 Å². The highest BCUT2D eigenvalue weighted by Crippen LogP contribution is 2.75. The third-order valence-electron chi connectivity index (χ3n) is 8.18. The molecule has 2 saturated carbocycles.